The summed E-state index contributed by atoms with van der Waals surface area (Å²) in [6.07, 6.45) is -3.76. The first-order valence-corrected chi connectivity index (χ1v) is 13.3. The van der Waals surface area contributed by atoms with E-state index < -0.39 is 34.2 Å². The van der Waals surface area contributed by atoms with Crippen molar-refractivity contribution in [3.63, 3.8) is 0 Å². The van der Waals surface area contributed by atoms with E-state index in [-0.39, 0.29) is 10.9 Å². The average Bonchev–Trinajstić information content (AvgIpc) is 2.88. The Morgan fingerprint density at radius 3 is 2.16 bits per heavy atom. The van der Waals surface area contributed by atoms with E-state index in [1.807, 2.05) is 48.5 Å². The van der Waals surface area contributed by atoms with Gasteiger partial charge in [-0.1, -0.05) is 24.3 Å². The first-order chi connectivity index (χ1) is 17.7. The lowest BCUT2D eigenvalue weighted by Gasteiger charge is -2.45. The van der Waals surface area contributed by atoms with Crippen LogP contribution in [0.15, 0.2) is 82.1 Å². The molecule has 0 aromatic heterocycles. The minimum atomic E-state index is -4.83. The van der Waals surface area contributed by atoms with Crippen LogP contribution in [0.3, 0.4) is 0 Å². The van der Waals surface area contributed by atoms with Crippen LogP contribution in [0, 0.1) is 0 Å². The van der Waals surface area contributed by atoms with Crippen LogP contribution in [0.25, 0.3) is 0 Å². The van der Waals surface area contributed by atoms with Gasteiger partial charge in [0.25, 0.3) is 0 Å². The number of halogens is 3. The molecule has 7 nitrogen and oxygen atoms in total. The third-order valence-corrected chi connectivity index (χ3v) is 8.62. The van der Waals surface area contributed by atoms with Gasteiger partial charge < -0.3 is 19.5 Å². The van der Waals surface area contributed by atoms with Crippen LogP contribution in [0.1, 0.15) is 19.3 Å². The van der Waals surface area contributed by atoms with Gasteiger partial charge in [0.2, 0.25) is 0 Å². The average molecular weight is 534 g/mol. The molecule has 11 heteroatoms. The van der Waals surface area contributed by atoms with Crippen molar-refractivity contribution in [3.8, 4) is 17.2 Å². The van der Waals surface area contributed by atoms with Gasteiger partial charge >= 0.3 is 6.36 Å². The molecule has 5 rings (SSSR count). The van der Waals surface area contributed by atoms with Crippen LogP contribution in [0.4, 0.5) is 24.5 Å². The van der Waals surface area contributed by atoms with Crippen molar-refractivity contribution in [2.45, 2.75) is 48.7 Å². The predicted molar refractivity (Wildman–Crippen MR) is 134 cm³/mol. The SMILES string of the molecule is CN=S(=O)(N[C@@H]1CCC[C@@H](N2c3ccccc3Oc3ccccc32)[C@H]1O)c1ccc(OC(F)(F)F)cc1. The number of aliphatic hydroxyl groups excluding tert-OH is 1. The van der Waals surface area contributed by atoms with Gasteiger partial charge in [-0.25, -0.2) is 13.3 Å². The van der Waals surface area contributed by atoms with Crippen LogP contribution in [0.2, 0.25) is 0 Å². The molecule has 3 aromatic rings. The van der Waals surface area contributed by atoms with Crippen molar-refractivity contribution in [3.05, 3.63) is 72.8 Å². The number of ether oxygens (including phenoxy) is 2. The molecule has 0 amide bonds. The van der Waals surface area contributed by atoms with Gasteiger partial charge in [0, 0.05) is 13.1 Å². The van der Waals surface area contributed by atoms with E-state index >= 15 is 0 Å². The number of para-hydroxylation sites is 4. The second-order valence-corrected chi connectivity index (χ2v) is 11.0. The van der Waals surface area contributed by atoms with Crippen LogP contribution in [-0.2, 0) is 9.92 Å². The van der Waals surface area contributed by atoms with Gasteiger partial charge in [-0.3, -0.25) is 0 Å². The molecule has 0 saturated heterocycles. The van der Waals surface area contributed by atoms with Gasteiger partial charge in [0.1, 0.15) is 15.7 Å². The van der Waals surface area contributed by atoms with Crippen LogP contribution < -0.4 is 19.1 Å². The van der Waals surface area contributed by atoms with E-state index in [1.165, 1.54) is 19.2 Å². The number of nitrogens with one attached hydrogen (secondary N) is 1. The monoisotopic (exact) mass is 533 g/mol. The van der Waals surface area contributed by atoms with Crippen molar-refractivity contribution in [2.75, 3.05) is 11.9 Å². The van der Waals surface area contributed by atoms with Crippen molar-refractivity contribution < 1.29 is 32.0 Å². The molecule has 0 radical (unpaired) electrons. The number of anilines is 2. The Morgan fingerprint density at radius 1 is 1.00 bits per heavy atom. The normalized spacial score (nSPS) is 22.7. The van der Waals surface area contributed by atoms with Gasteiger partial charge in [0.15, 0.2) is 11.5 Å². The van der Waals surface area contributed by atoms with Gasteiger partial charge in [-0.2, -0.15) is 0 Å². The van der Waals surface area contributed by atoms with Gasteiger partial charge in [-0.05, 0) is 67.8 Å². The summed E-state index contributed by atoms with van der Waals surface area (Å²) in [4.78, 5) is 2.27. The number of hydrogen-bond donors (Lipinski definition) is 2. The maximum absolute atomic E-state index is 13.8. The van der Waals surface area contributed by atoms with Crippen molar-refractivity contribution >= 4 is 21.3 Å². The summed E-state index contributed by atoms with van der Waals surface area (Å²) in [7, 11) is -1.87. The molecule has 2 aliphatic rings. The zero-order chi connectivity index (χ0) is 26.2. The molecule has 0 bridgehead atoms. The molecule has 1 aliphatic heterocycles. The molecular formula is C26H26F3N3O4S. The predicted octanol–water partition coefficient (Wildman–Crippen LogP) is 5.77. The molecule has 1 aliphatic carbocycles. The molecule has 4 atom stereocenters. The van der Waals surface area contributed by atoms with Crippen molar-refractivity contribution in [1.82, 2.24) is 4.72 Å². The smallest absolute Gasteiger partial charge is 0.453 e. The van der Waals surface area contributed by atoms with Crippen LogP contribution in [0.5, 0.6) is 17.2 Å². The van der Waals surface area contributed by atoms with E-state index in [4.69, 9.17) is 4.74 Å². The minimum absolute atomic E-state index is 0.195. The summed E-state index contributed by atoms with van der Waals surface area (Å²) in [6.45, 7) is 0. The third-order valence-electron chi connectivity index (χ3n) is 6.57. The highest BCUT2D eigenvalue weighted by Gasteiger charge is 2.40. The summed E-state index contributed by atoms with van der Waals surface area (Å²) < 4.78 is 68.4. The number of alkyl halides is 3. The maximum Gasteiger partial charge on any atom is 0.573 e. The topological polar surface area (TPSA) is 83.4 Å². The molecule has 196 valence electrons. The van der Waals surface area contributed by atoms with E-state index in [9.17, 15) is 22.5 Å². The minimum Gasteiger partial charge on any atom is -0.453 e. The summed E-state index contributed by atoms with van der Waals surface area (Å²) in [5.41, 5.74) is 1.65. The molecule has 1 fully saturated rings. The lowest BCUT2D eigenvalue weighted by Crippen LogP contribution is -2.56. The highest BCUT2D eigenvalue weighted by atomic mass is 32.2. The molecule has 37 heavy (non-hydrogen) atoms. The largest absolute Gasteiger partial charge is 0.573 e. The fraction of sp³-hybridized carbons (Fsp3) is 0.308. The second kappa shape index (κ2) is 9.88. The van der Waals surface area contributed by atoms with Gasteiger partial charge in [0.05, 0.1) is 28.4 Å². The summed E-state index contributed by atoms with van der Waals surface area (Å²) in [6, 6.07) is 19.0. The van der Waals surface area contributed by atoms with E-state index in [1.54, 1.807) is 0 Å². The lowest BCUT2D eigenvalue weighted by atomic mass is 9.86. The molecule has 1 saturated carbocycles. The van der Waals surface area contributed by atoms with Crippen molar-refractivity contribution in [2.24, 2.45) is 4.36 Å². The molecule has 2 N–H and O–H groups in total. The summed E-state index contributed by atoms with van der Waals surface area (Å²) in [5.74, 6) is 0.936. The Bertz CT molecular complexity index is 1340. The summed E-state index contributed by atoms with van der Waals surface area (Å²) in [5, 5.41) is 11.6. The van der Waals surface area contributed by atoms with Gasteiger partial charge in [-0.15, -0.1) is 13.2 Å². The second-order valence-electron chi connectivity index (χ2n) is 8.85. The Labute approximate surface area is 213 Å². The summed E-state index contributed by atoms with van der Waals surface area (Å²) >= 11 is 0. The number of fused-ring (bicyclic) bond motifs is 2. The third kappa shape index (κ3) is 5.11. The molecule has 3 aromatic carbocycles. The fourth-order valence-corrected chi connectivity index (χ4v) is 6.54. The first-order valence-electron chi connectivity index (χ1n) is 11.8. The number of nitrogens with zero attached hydrogens (tertiary/aromatic N) is 2. The lowest BCUT2D eigenvalue weighted by molar-refractivity contribution is -0.274. The number of rotatable bonds is 5. The highest BCUT2D eigenvalue weighted by Crippen LogP contribution is 2.49. The zero-order valence-corrected chi connectivity index (χ0v) is 20.7. The number of benzene rings is 3. The Balaban J connectivity index is 1.42. The van der Waals surface area contributed by atoms with E-state index in [0.717, 1.165) is 29.9 Å². The standard InChI is InChI=1S/C26H26F3N3O4S/c1-30-37(34,18-15-13-17(14-16-18)36-26(27,28)29)31-19-7-6-10-22(25(19)33)32-20-8-2-4-11-23(20)35-24-12-5-3-9-21(24)32/h2-5,8-9,11-16,19,22,25,33H,6-7,10H2,1H3,(H,30,31,34)/t19-,22-,25+,37?/m1/s1. The molecular weight excluding hydrogens is 507 g/mol. The number of hydrogen-bond acceptors (Lipinski definition) is 6. The van der Waals surface area contributed by atoms with Crippen LogP contribution in [-0.4, -0.2) is 40.9 Å². The molecule has 0 spiro atoms. The Hall–Kier alpha value is -3.28. The Kier molecular flexibility index (Phi) is 6.78. The maximum atomic E-state index is 13.8. The fourth-order valence-electron chi connectivity index (χ4n) is 4.91. The van der Waals surface area contributed by atoms with Crippen LogP contribution >= 0.6 is 0 Å². The van der Waals surface area contributed by atoms with E-state index in [2.05, 4.69) is 18.7 Å². The van der Waals surface area contributed by atoms with Crippen molar-refractivity contribution in [1.29, 1.82) is 0 Å². The first kappa shape index (κ1) is 25.4. The highest BCUT2D eigenvalue weighted by molar-refractivity contribution is 7.91. The quantitative estimate of drug-likeness (QED) is 0.435. The Morgan fingerprint density at radius 2 is 1.59 bits per heavy atom. The number of aliphatic hydroxyl groups is 1. The zero-order valence-electron chi connectivity index (χ0n) is 19.9. The molecule has 1 heterocycles. The molecule has 1 unspecified atom stereocenters. The van der Waals surface area contributed by atoms with E-state index in [0.29, 0.717) is 24.3 Å².